The normalized spacial score (nSPS) is 16.5. The van der Waals surface area contributed by atoms with Gasteiger partial charge in [0.25, 0.3) is 0 Å². The number of aromatic amines is 2. The molecule has 18 nitrogen and oxygen atoms in total. The highest BCUT2D eigenvalue weighted by molar-refractivity contribution is 7.18. The van der Waals surface area contributed by atoms with Crippen molar-refractivity contribution in [3.8, 4) is 68.5 Å². The molecule has 4 aromatic heterocycles. The zero-order valence-electron chi connectivity index (χ0n) is 45.1. The van der Waals surface area contributed by atoms with Gasteiger partial charge in [0.15, 0.2) is 23.0 Å². The van der Waals surface area contributed by atoms with E-state index in [1.54, 1.807) is 65.3 Å². The molecule has 4 atom stereocenters. The minimum absolute atomic E-state index is 0.0451. The number of hydrogen-bond acceptors (Lipinski definition) is 18. The van der Waals surface area contributed by atoms with E-state index < -0.39 is 24.4 Å². The summed E-state index contributed by atoms with van der Waals surface area (Å²) in [4.78, 5) is 9.45. The Morgan fingerprint density at radius 1 is 0.538 bits per heavy atom. The molecule has 0 bridgehead atoms. The highest BCUT2D eigenvalue weighted by Crippen LogP contribution is 2.40. The summed E-state index contributed by atoms with van der Waals surface area (Å²) in [5.41, 5.74) is 7.71. The molecule has 10 rings (SSSR count). The summed E-state index contributed by atoms with van der Waals surface area (Å²) in [6.07, 6.45) is -1.37. The van der Waals surface area contributed by atoms with Gasteiger partial charge in [0.1, 0.15) is 47.8 Å². The third-order valence-corrected chi connectivity index (χ3v) is 16.8. The number of benzene rings is 4. The van der Waals surface area contributed by atoms with E-state index in [0.29, 0.717) is 65.6 Å². The number of rotatable bonds is 25. The number of aliphatic hydroxyl groups is 2. The standard InChI is InChI=1S/C58H70N8O10S2/c1-69-47-30-37(31-48(70-2)55(47)73-5)14-18-63-20-22-65(23-21-63)35-45(67)54(76-41-12-10-39(11-13-41)51-57-43(59-61-51)16-28-77-57)53(46(68)36-75-42-9-7-8-40(34-42)52-58-44(60-62-52)17-29-78-58)66-26-24-64(25-27-66)19-15-38-32-49(71-3)56(74-6)50(33-38)72-4/h7-13,16-17,28-34,45-46,53-54,67-68H,14-15,18-27,35-36H2,1-6H3,(H,59,61)(H,60,62). The number of aliphatic hydroxyl groups excluding tert-OH is 2. The Bertz CT molecular complexity index is 3150. The second kappa shape index (κ2) is 25.4. The van der Waals surface area contributed by atoms with E-state index in [2.05, 4.69) is 45.4 Å². The van der Waals surface area contributed by atoms with Crippen LogP contribution in [0.3, 0.4) is 0 Å². The van der Waals surface area contributed by atoms with Crippen LogP contribution in [0, 0.1) is 0 Å². The minimum atomic E-state index is -1.07. The van der Waals surface area contributed by atoms with Crippen LogP contribution in [0.5, 0.6) is 46.0 Å². The number of methoxy groups -OCH3 is 6. The van der Waals surface area contributed by atoms with Crippen molar-refractivity contribution in [3.05, 3.63) is 107 Å². The number of H-pyrrole nitrogens is 2. The summed E-state index contributed by atoms with van der Waals surface area (Å²) in [7, 11) is 9.75. The number of nitrogens with zero attached hydrogens (tertiary/aromatic N) is 6. The second-order valence-electron chi connectivity index (χ2n) is 19.6. The summed E-state index contributed by atoms with van der Waals surface area (Å²) in [5.74, 6) is 4.84. The molecule has 6 heterocycles. The predicted octanol–water partition coefficient (Wildman–Crippen LogP) is 7.59. The maximum atomic E-state index is 12.8. The van der Waals surface area contributed by atoms with Gasteiger partial charge < -0.3 is 57.9 Å². The summed E-state index contributed by atoms with van der Waals surface area (Å²) in [5, 5.41) is 45.0. The zero-order valence-corrected chi connectivity index (χ0v) is 46.7. The molecular weight excluding hydrogens is 1030 g/mol. The SMILES string of the molecule is COc1cc(CCN2CCN(CC(O)C(Oc3ccc(-c4n[nH]c5ccsc45)cc3)C(C(O)COc3cccc(-c4n[nH]c5ccsc45)c3)N3CCN(CCc4cc(OC)c(OC)c(OC)c4)CC3)CC2)cc(OC)c1OC. The van der Waals surface area contributed by atoms with Crippen LogP contribution in [0.4, 0.5) is 0 Å². The van der Waals surface area contributed by atoms with E-state index in [4.69, 9.17) is 37.9 Å². The number of thiophene rings is 2. The summed E-state index contributed by atoms with van der Waals surface area (Å²) >= 11 is 3.27. The number of aromatic nitrogens is 4. The molecule has 0 amide bonds. The first-order valence-electron chi connectivity index (χ1n) is 26.4. The molecule has 78 heavy (non-hydrogen) atoms. The maximum absolute atomic E-state index is 12.8. The monoisotopic (exact) mass is 1100 g/mol. The van der Waals surface area contributed by atoms with Crippen molar-refractivity contribution in [1.29, 1.82) is 0 Å². The quantitative estimate of drug-likeness (QED) is 0.0439. The first kappa shape index (κ1) is 54.7. The van der Waals surface area contributed by atoms with Gasteiger partial charge in [0.05, 0.1) is 69.1 Å². The molecule has 414 valence electrons. The lowest BCUT2D eigenvalue weighted by Gasteiger charge is -2.45. The van der Waals surface area contributed by atoms with Gasteiger partial charge in [-0.25, -0.2) is 0 Å². The van der Waals surface area contributed by atoms with Crippen molar-refractivity contribution in [2.75, 3.05) is 121 Å². The van der Waals surface area contributed by atoms with E-state index in [1.807, 2.05) is 90.3 Å². The molecule has 0 spiro atoms. The van der Waals surface area contributed by atoms with Crippen molar-refractivity contribution < 1.29 is 48.1 Å². The van der Waals surface area contributed by atoms with E-state index in [-0.39, 0.29) is 6.61 Å². The molecule has 8 aromatic rings. The Kier molecular flexibility index (Phi) is 17.9. The van der Waals surface area contributed by atoms with E-state index in [1.165, 1.54) is 0 Å². The number of β-amino-alcohol motifs (C(OH)–C–C–N with tert-alkyl or cyclic N) is 1. The molecule has 4 aromatic carbocycles. The lowest BCUT2D eigenvalue weighted by atomic mass is 9.96. The topological polar surface area (TPSA) is 185 Å². The van der Waals surface area contributed by atoms with E-state index in [0.717, 1.165) is 119 Å². The van der Waals surface area contributed by atoms with Gasteiger partial charge in [0.2, 0.25) is 11.5 Å². The highest BCUT2D eigenvalue weighted by atomic mass is 32.1. The summed E-state index contributed by atoms with van der Waals surface area (Å²) < 4.78 is 49.4. The fraction of sp³-hybridized carbons (Fsp3) is 0.414. The van der Waals surface area contributed by atoms with Gasteiger partial charge in [-0.05, 0) is 108 Å². The third kappa shape index (κ3) is 12.3. The Hall–Kier alpha value is -6.62. The number of ether oxygens (including phenoxy) is 8. The molecule has 0 aliphatic carbocycles. The predicted molar refractivity (Wildman–Crippen MR) is 305 cm³/mol. The fourth-order valence-corrected chi connectivity index (χ4v) is 12.5. The lowest BCUT2D eigenvalue weighted by molar-refractivity contribution is -0.0939. The van der Waals surface area contributed by atoms with Crippen LogP contribution in [0.25, 0.3) is 42.9 Å². The second-order valence-corrected chi connectivity index (χ2v) is 21.5. The molecule has 20 heteroatoms. The minimum Gasteiger partial charge on any atom is -0.493 e. The Labute approximate surface area is 462 Å². The average molecular weight is 1100 g/mol. The van der Waals surface area contributed by atoms with Crippen LogP contribution in [0.2, 0.25) is 0 Å². The highest BCUT2D eigenvalue weighted by Gasteiger charge is 2.42. The van der Waals surface area contributed by atoms with E-state index >= 15 is 0 Å². The van der Waals surface area contributed by atoms with Crippen LogP contribution in [-0.2, 0) is 12.8 Å². The molecular formula is C58H70N8O10S2. The van der Waals surface area contributed by atoms with Gasteiger partial charge in [-0.1, -0.05) is 12.1 Å². The molecule has 4 N–H and O–H groups in total. The molecule has 2 aliphatic heterocycles. The van der Waals surface area contributed by atoms with Gasteiger partial charge in [-0.15, -0.1) is 22.7 Å². The van der Waals surface area contributed by atoms with Crippen LogP contribution in [-0.4, -0.2) is 196 Å². The number of hydrogen-bond donors (Lipinski definition) is 4. The molecule has 0 radical (unpaired) electrons. The third-order valence-electron chi connectivity index (χ3n) is 15.0. The first-order valence-corrected chi connectivity index (χ1v) is 28.1. The maximum Gasteiger partial charge on any atom is 0.203 e. The molecule has 0 saturated carbocycles. The van der Waals surface area contributed by atoms with Gasteiger partial charge in [-0.3, -0.25) is 20.0 Å². The largest absolute Gasteiger partial charge is 0.493 e. The van der Waals surface area contributed by atoms with Crippen LogP contribution >= 0.6 is 22.7 Å². The summed E-state index contributed by atoms with van der Waals surface area (Å²) in [6, 6.07) is 27.1. The zero-order chi connectivity index (χ0) is 54.1. The van der Waals surface area contributed by atoms with Gasteiger partial charge >= 0.3 is 0 Å². The molecule has 4 unspecified atom stereocenters. The number of fused-ring (bicyclic) bond motifs is 2. The van der Waals surface area contributed by atoms with Crippen LogP contribution in [0.15, 0.2) is 95.7 Å². The van der Waals surface area contributed by atoms with Crippen molar-refractivity contribution in [3.63, 3.8) is 0 Å². The average Bonchev–Trinajstić information content (AvgIpc) is 4.36. The first-order chi connectivity index (χ1) is 38.2. The van der Waals surface area contributed by atoms with Crippen molar-refractivity contribution in [1.82, 2.24) is 40.0 Å². The van der Waals surface area contributed by atoms with E-state index in [9.17, 15) is 10.2 Å². The Morgan fingerprint density at radius 3 is 1.55 bits per heavy atom. The Balaban J connectivity index is 0.888. The van der Waals surface area contributed by atoms with Gasteiger partial charge in [0, 0.05) is 83.1 Å². The number of piperazine rings is 2. The smallest absolute Gasteiger partial charge is 0.203 e. The fourth-order valence-electron chi connectivity index (χ4n) is 10.8. The summed E-state index contributed by atoms with van der Waals surface area (Å²) in [6.45, 7) is 7.78. The van der Waals surface area contributed by atoms with Crippen molar-refractivity contribution in [2.45, 2.75) is 37.2 Å². The molecule has 2 fully saturated rings. The van der Waals surface area contributed by atoms with Crippen molar-refractivity contribution in [2.24, 2.45) is 0 Å². The molecule has 2 saturated heterocycles. The Morgan fingerprint density at radius 2 is 1.04 bits per heavy atom. The van der Waals surface area contributed by atoms with Crippen LogP contribution < -0.4 is 37.9 Å². The van der Waals surface area contributed by atoms with Crippen LogP contribution in [0.1, 0.15) is 11.1 Å². The van der Waals surface area contributed by atoms with Crippen molar-refractivity contribution >= 4 is 43.1 Å². The lowest BCUT2D eigenvalue weighted by Crippen LogP contribution is -2.64. The number of nitrogens with one attached hydrogen (secondary N) is 2. The van der Waals surface area contributed by atoms with Gasteiger partial charge in [-0.2, -0.15) is 10.2 Å². The molecule has 2 aliphatic rings.